The van der Waals surface area contributed by atoms with Crippen molar-refractivity contribution in [3.63, 3.8) is 0 Å². The van der Waals surface area contributed by atoms with Crippen LogP contribution in [0.15, 0.2) is 42.5 Å². The molecule has 2 aromatic carbocycles. The molecule has 0 radical (unpaired) electrons. The Hall–Kier alpha value is -2.33. The Kier molecular flexibility index (Phi) is 3.32. The summed E-state index contributed by atoms with van der Waals surface area (Å²) in [5.74, 6) is 2.19. The SMILES string of the molecule is COc1ccc2c3c1O[C@H]1C(=O)[C@@H](c4ccccc4)CC4[C@@H](C2)N(C)CC[C@@]341. The summed E-state index contributed by atoms with van der Waals surface area (Å²) in [6, 6.07) is 14.9. The lowest BCUT2D eigenvalue weighted by Gasteiger charge is -2.58. The second-order valence-electron chi connectivity index (χ2n) is 8.88. The predicted octanol–water partition coefficient (Wildman–Crippen LogP) is 3.33. The van der Waals surface area contributed by atoms with Crippen LogP contribution in [0.4, 0.5) is 0 Å². The van der Waals surface area contributed by atoms with Crippen LogP contribution in [0.3, 0.4) is 0 Å². The van der Waals surface area contributed by atoms with Crippen LogP contribution in [-0.4, -0.2) is 43.5 Å². The number of likely N-dealkylation sites (N-methyl/N-ethyl adjacent to an activating group) is 1. The van der Waals surface area contributed by atoms with Gasteiger partial charge in [0.15, 0.2) is 23.4 Å². The van der Waals surface area contributed by atoms with Crippen LogP contribution in [0.2, 0.25) is 0 Å². The van der Waals surface area contributed by atoms with Crippen LogP contribution < -0.4 is 9.47 Å². The number of hydrogen-bond donors (Lipinski definition) is 0. The predicted molar refractivity (Wildman–Crippen MR) is 106 cm³/mol. The average molecular weight is 375 g/mol. The summed E-state index contributed by atoms with van der Waals surface area (Å²) in [7, 11) is 3.93. The third-order valence-corrected chi connectivity index (χ3v) is 7.89. The maximum atomic E-state index is 13.8. The molecule has 2 aromatic rings. The second-order valence-corrected chi connectivity index (χ2v) is 8.88. The molecule has 1 spiro atoms. The Morgan fingerprint density at radius 3 is 2.79 bits per heavy atom. The number of carbonyl (C=O) groups is 1. The monoisotopic (exact) mass is 375 g/mol. The molecule has 5 atom stereocenters. The standard InChI is InChI=1S/C24H25NO3/c1-25-11-10-24-17-13-16(14-6-4-3-5-7-14)21(26)23(24)28-22-19(27-2)9-8-15(20(22)24)12-18(17)25/h3-9,16-18,23H,10-13H2,1-2H3/t16-,17?,18-,23+,24+/m1/s1. The molecule has 2 aliphatic heterocycles. The number of Topliss-reactive ketones (excluding diaryl/α,β-unsaturated/α-hetero) is 1. The van der Waals surface area contributed by atoms with E-state index in [1.807, 2.05) is 24.3 Å². The minimum Gasteiger partial charge on any atom is -0.493 e. The number of carbonyl (C=O) groups excluding carboxylic acids is 1. The maximum absolute atomic E-state index is 13.8. The lowest BCUT2D eigenvalue weighted by Crippen LogP contribution is -2.66. The van der Waals surface area contributed by atoms with E-state index in [4.69, 9.17) is 9.47 Å². The summed E-state index contributed by atoms with van der Waals surface area (Å²) in [6.07, 6.45) is 2.53. The number of benzene rings is 2. The first-order valence-corrected chi connectivity index (χ1v) is 10.3. The highest BCUT2D eigenvalue weighted by molar-refractivity contribution is 5.94. The molecule has 28 heavy (non-hydrogen) atoms. The van der Waals surface area contributed by atoms with Gasteiger partial charge in [0.25, 0.3) is 0 Å². The van der Waals surface area contributed by atoms with Gasteiger partial charge in [0.1, 0.15) is 0 Å². The molecular formula is C24H25NO3. The van der Waals surface area contributed by atoms with E-state index in [1.54, 1.807) is 7.11 Å². The van der Waals surface area contributed by atoms with Crippen LogP contribution in [0, 0.1) is 5.92 Å². The number of piperidine rings is 1. The van der Waals surface area contributed by atoms with Crippen LogP contribution in [0.25, 0.3) is 0 Å². The summed E-state index contributed by atoms with van der Waals surface area (Å²) < 4.78 is 12.1. The zero-order chi connectivity index (χ0) is 19.0. The number of likely N-dealkylation sites (tertiary alicyclic amines) is 1. The Morgan fingerprint density at radius 1 is 1.18 bits per heavy atom. The van der Waals surface area contributed by atoms with Crippen molar-refractivity contribution in [1.29, 1.82) is 0 Å². The molecule has 0 N–H and O–H groups in total. The van der Waals surface area contributed by atoms with E-state index in [0.29, 0.717) is 12.0 Å². The van der Waals surface area contributed by atoms with Gasteiger partial charge < -0.3 is 14.4 Å². The molecule has 0 amide bonds. The van der Waals surface area contributed by atoms with Gasteiger partial charge in [-0.2, -0.15) is 0 Å². The van der Waals surface area contributed by atoms with Crippen LogP contribution >= 0.6 is 0 Å². The fourth-order valence-corrected chi connectivity index (χ4v) is 6.66. The third kappa shape index (κ3) is 1.87. The molecule has 2 aliphatic carbocycles. The Labute approximate surface area is 165 Å². The van der Waals surface area contributed by atoms with Gasteiger partial charge in [-0.25, -0.2) is 0 Å². The topological polar surface area (TPSA) is 38.8 Å². The van der Waals surface area contributed by atoms with E-state index >= 15 is 0 Å². The Balaban J connectivity index is 1.57. The van der Waals surface area contributed by atoms with E-state index in [1.165, 1.54) is 11.1 Å². The molecule has 1 unspecified atom stereocenters. The van der Waals surface area contributed by atoms with Gasteiger partial charge in [0.05, 0.1) is 7.11 Å². The largest absolute Gasteiger partial charge is 0.493 e. The van der Waals surface area contributed by atoms with Crippen molar-refractivity contribution < 1.29 is 14.3 Å². The number of ketones is 1. The number of nitrogens with zero attached hydrogens (tertiary/aromatic N) is 1. The highest BCUT2D eigenvalue weighted by Crippen LogP contribution is 2.64. The van der Waals surface area contributed by atoms with Crippen molar-refractivity contribution in [3.05, 3.63) is 59.2 Å². The molecule has 4 heteroatoms. The van der Waals surface area contributed by atoms with Crippen LogP contribution in [0.5, 0.6) is 11.5 Å². The van der Waals surface area contributed by atoms with Crippen molar-refractivity contribution in [2.24, 2.45) is 5.92 Å². The first kappa shape index (κ1) is 16.6. The summed E-state index contributed by atoms with van der Waals surface area (Å²) in [5, 5.41) is 0. The van der Waals surface area contributed by atoms with Crippen molar-refractivity contribution >= 4 is 5.78 Å². The average Bonchev–Trinajstić information content (AvgIpc) is 3.08. The molecule has 2 fully saturated rings. The minimum absolute atomic E-state index is 0.0832. The molecule has 4 nitrogen and oxygen atoms in total. The molecular weight excluding hydrogens is 350 g/mol. The molecule has 4 aliphatic rings. The zero-order valence-corrected chi connectivity index (χ0v) is 16.4. The van der Waals surface area contributed by atoms with E-state index in [0.717, 1.165) is 42.9 Å². The fraction of sp³-hybridized carbons (Fsp3) is 0.458. The van der Waals surface area contributed by atoms with E-state index in [-0.39, 0.29) is 17.1 Å². The quantitative estimate of drug-likeness (QED) is 0.807. The van der Waals surface area contributed by atoms with Gasteiger partial charge in [-0.3, -0.25) is 4.79 Å². The van der Waals surface area contributed by atoms with Crippen molar-refractivity contribution in [2.75, 3.05) is 20.7 Å². The number of ether oxygens (including phenoxy) is 2. The van der Waals surface area contributed by atoms with Gasteiger partial charge in [0.2, 0.25) is 0 Å². The van der Waals surface area contributed by atoms with Gasteiger partial charge in [-0.15, -0.1) is 0 Å². The first-order valence-electron chi connectivity index (χ1n) is 10.3. The minimum atomic E-state index is -0.391. The summed E-state index contributed by atoms with van der Waals surface area (Å²) in [6.45, 7) is 1.01. The second kappa shape index (κ2) is 5.60. The molecule has 144 valence electrons. The highest BCUT2D eigenvalue weighted by Gasteiger charge is 2.67. The van der Waals surface area contributed by atoms with Crippen molar-refractivity contribution in [1.82, 2.24) is 4.90 Å². The van der Waals surface area contributed by atoms with E-state index in [9.17, 15) is 4.79 Å². The number of rotatable bonds is 2. The molecule has 6 rings (SSSR count). The first-order chi connectivity index (χ1) is 13.6. The smallest absolute Gasteiger partial charge is 0.181 e. The zero-order valence-electron chi connectivity index (χ0n) is 16.4. The Morgan fingerprint density at radius 2 is 2.00 bits per heavy atom. The number of methoxy groups -OCH3 is 1. The van der Waals surface area contributed by atoms with E-state index in [2.05, 4.69) is 30.1 Å². The molecule has 2 heterocycles. The van der Waals surface area contributed by atoms with Gasteiger partial charge in [-0.1, -0.05) is 36.4 Å². The van der Waals surface area contributed by atoms with Gasteiger partial charge in [-0.05, 0) is 56.0 Å². The fourth-order valence-electron chi connectivity index (χ4n) is 6.66. The maximum Gasteiger partial charge on any atom is 0.181 e. The highest BCUT2D eigenvalue weighted by atomic mass is 16.5. The van der Waals surface area contributed by atoms with Gasteiger partial charge >= 0.3 is 0 Å². The van der Waals surface area contributed by atoms with Crippen LogP contribution in [-0.2, 0) is 16.6 Å². The Bertz CT molecular complexity index is 971. The summed E-state index contributed by atoms with van der Waals surface area (Å²) in [4.78, 5) is 16.3. The number of hydrogen-bond acceptors (Lipinski definition) is 4. The summed E-state index contributed by atoms with van der Waals surface area (Å²) >= 11 is 0. The molecule has 1 saturated heterocycles. The third-order valence-electron chi connectivity index (χ3n) is 7.89. The van der Waals surface area contributed by atoms with Crippen molar-refractivity contribution in [3.8, 4) is 11.5 Å². The normalized spacial score (nSPS) is 35.3. The molecule has 1 saturated carbocycles. The molecule has 2 bridgehead atoms. The van der Waals surface area contributed by atoms with Gasteiger partial charge in [0, 0.05) is 22.9 Å². The summed E-state index contributed by atoms with van der Waals surface area (Å²) in [5.41, 5.74) is 3.57. The van der Waals surface area contributed by atoms with Crippen LogP contribution in [0.1, 0.15) is 35.4 Å². The molecule has 0 aromatic heterocycles. The lowest BCUT2D eigenvalue weighted by molar-refractivity contribution is -0.140. The lowest BCUT2D eigenvalue weighted by atomic mass is 9.49. The van der Waals surface area contributed by atoms with E-state index < -0.39 is 6.10 Å². The van der Waals surface area contributed by atoms with Crippen molar-refractivity contribution in [2.45, 2.75) is 42.7 Å².